The van der Waals surface area contributed by atoms with Crippen molar-refractivity contribution in [3.8, 4) is 0 Å². The molecular weight excluding hydrogens is 150 g/mol. The molecule has 10 heavy (non-hydrogen) atoms. The van der Waals surface area contributed by atoms with Gasteiger partial charge in [-0.25, -0.2) is 4.98 Å². The molecule has 1 aromatic rings. The van der Waals surface area contributed by atoms with Crippen LogP contribution < -0.4 is 5.32 Å². The first-order valence-electron chi connectivity index (χ1n) is 2.93. The first kappa shape index (κ1) is 7.43. The average molecular weight is 159 g/mol. The molecule has 0 saturated carbocycles. The smallest absolute Gasteiger partial charge is 0.202 e. The number of hydrogen-bond donors (Lipinski definition) is 1. The molecule has 0 spiro atoms. The van der Waals surface area contributed by atoms with Crippen LogP contribution >= 0.6 is 11.5 Å². The molecule has 56 valence electrons. The third-order valence-electron chi connectivity index (χ3n) is 0.944. The maximum Gasteiger partial charge on any atom is 0.202 e. The van der Waals surface area contributed by atoms with Crippen LogP contribution in [0.15, 0.2) is 6.33 Å². The highest BCUT2D eigenvalue weighted by Crippen LogP contribution is 2.04. The Morgan fingerprint density at radius 1 is 1.80 bits per heavy atom. The predicted molar refractivity (Wildman–Crippen MR) is 40.3 cm³/mol. The summed E-state index contributed by atoms with van der Waals surface area (Å²) < 4.78 is 8.66. The van der Waals surface area contributed by atoms with Crippen molar-refractivity contribution in [3.63, 3.8) is 0 Å². The summed E-state index contributed by atoms with van der Waals surface area (Å²) in [6, 6.07) is 0. The normalized spacial score (nSPS) is 9.70. The molecule has 1 aromatic heterocycles. The van der Waals surface area contributed by atoms with Gasteiger partial charge in [-0.1, -0.05) is 0 Å². The molecule has 0 unspecified atom stereocenters. The second-order valence-corrected chi connectivity index (χ2v) is 2.45. The summed E-state index contributed by atoms with van der Waals surface area (Å²) in [5.74, 6) is 0. The number of rotatable bonds is 4. The highest BCUT2D eigenvalue weighted by atomic mass is 32.1. The minimum absolute atomic E-state index is 0.694. The Morgan fingerprint density at radius 3 is 3.30 bits per heavy atom. The maximum absolute atomic E-state index is 4.83. The fraction of sp³-hybridized carbons (Fsp3) is 0.600. The SMILES string of the molecule is COCCNc1ncns1. The van der Waals surface area contributed by atoms with E-state index in [0.29, 0.717) is 6.61 Å². The van der Waals surface area contributed by atoms with Crippen LogP contribution in [0.5, 0.6) is 0 Å². The van der Waals surface area contributed by atoms with E-state index in [1.165, 1.54) is 17.9 Å². The van der Waals surface area contributed by atoms with Crippen LogP contribution in [0.3, 0.4) is 0 Å². The monoisotopic (exact) mass is 159 g/mol. The van der Waals surface area contributed by atoms with Gasteiger partial charge in [0.05, 0.1) is 6.61 Å². The van der Waals surface area contributed by atoms with Crippen LogP contribution in [0, 0.1) is 0 Å². The van der Waals surface area contributed by atoms with Gasteiger partial charge in [0.2, 0.25) is 5.13 Å². The van der Waals surface area contributed by atoms with Crippen molar-refractivity contribution in [1.29, 1.82) is 0 Å². The van der Waals surface area contributed by atoms with Crippen molar-refractivity contribution >= 4 is 16.7 Å². The van der Waals surface area contributed by atoms with Gasteiger partial charge in [-0.15, -0.1) is 0 Å². The van der Waals surface area contributed by atoms with E-state index in [9.17, 15) is 0 Å². The Balaban J connectivity index is 2.15. The molecule has 0 radical (unpaired) electrons. The fourth-order valence-electron chi connectivity index (χ4n) is 0.511. The molecule has 0 aliphatic heterocycles. The molecule has 0 fully saturated rings. The van der Waals surface area contributed by atoms with Crippen LogP contribution in [0.25, 0.3) is 0 Å². The van der Waals surface area contributed by atoms with Crippen molar-refractivity contribution in [2.75, 3.05) is 25.6 Å². The van der Waals surface area contributed by atoms with Crippen molar-refractivity contribution in [1.82, 2.24) is 9.36 Å². The first-order chi connectivity index (χ1) is 4.93. The molecule has 0 saturated heterocycles. The van der Waals surface area contributed by atoms with Gasteiger partial charge >= 0.3 is 0 Å². The van der Waals surface area contributed by atoms with E-state index in [-0.39, 0.29) is 0 Å². The summed E-state index contributed by atoms with van der Waals surface area (Å²) in [6.45, 7) is 1.48. The number of anilines is 1. The molecule has 0 aromatic carbocycles. The van der Waals surface area contributed by atoms with Crippen molar-refractivity contribution < 1.29 is 4.74 Å². The van der Waals surface area contributed by atoms with Gasteiger partial charge in [0, 0.05) is 25.2 Å². The molecule has 0 aliphatic carbocycles. The number of ether oxygens (including phenoxy) is 1. The van der Waals surface area contributed by atoms with Crippen molar-refractivity contribution in [2.24, 2.45) is 0 Å². The molecule has 5 heteroatoms. The Labute approximate surface area is 63.4 Å². The topological polar surface area (TPSA) is 47.0 Å². The summed E-state index contributed by atoms with van der Waals surface area (Å²) in [6.07, 6.45) is 1.53. The summed E-state index contributed by atoms with van der Waals surface area (Å²) in [5, 5.41) is 3.89. The summed E-state index contributed by atoms with van der Waals surface area (Å²) in [4.78, 5) is 3.93. The largest absolute Gasteiger partial charge is 0.383 e. The van der Waals surface area contributed by atoms with Crippen LogP contribution in [0.4, 0.5) is 5.13 Å². The minimum Gasteiger partial charge on any atom is -0.383 e. The van der Waals surface area contributed by atoms with E-state index in [0.717, 1.165) is 11.7 Å². The minimum atomic E-state index is 0.694. The van der Waals surface area contributed by atoms with E-state index >= 15 is 0 Å². The number of nitrogens with zero attached hydrogens (tertiary/aromatic N) is 2. The highest BCUT2D eigenvalue weighted by molar-refractivity contribution is 7.09. The molecule has 4 nitrogen and oxygen atoms in total. The zero-order chi connectivity index (χ0) is 7.23. The summed E-state index contributed by atoms with van der Waals surface area (Å²) in [7, 11) is 1.67. The van der Waals surface area contributed by atoms with Gasteiger partial charge in [-0.05, 0) is 0 Å². The molecule has 0 amide bonds. The van der Waals surface area contributed by atoms with Gasteiger partial charge in [0.15, 0.2) is 0 Å². The predicted octanol–water partition coefficient (Wildman–Crippen LogP) is 0.596. The lowest BCUT2D eigenvalue weighted by atomic mass is 10.7. The summed E-state index contributed by atoms with van der Waals surface area (Å²) in [5.41, 5.74) is 0. The second-order valence-electron chi connectivity index (χ2n) is 1.67. The van der Waals surface area contributed by atoms with E-state index in [4.69, 9.17) is 4.74 Å². The Morgan fingerprint density at radius 2 is 2.70 bits per heavy atom. The van der Waals surface area contributed by atoms with E-state index in [2.05, 4.69) is 14.7 Å². The quantitative estimate of drug-likeness (QED) is 0.653. The molecule has 0 aliphatic rings. The third-order valence-corrected chi connectivity index (χ3v) is 1.57. The lowest BCUT2D eigenvalue weighted by molar-refractivity contribution is 0.211. The number of methoxy groups -OCH3 is 1. The van der Waals surface area contributed by atoms with E-state index < -0.39 is 0 Å². The average Bonchev–Trinajstić information content (AvgIpc) is 2.41. The number of aromatic nitrogens is 2. The highest BCUT2D eigenvalue weighted by Gasteiger charge is 1.91. The third kappa shape index (κ3) is 2.28. The standard InChI is InChI=1S/C5H9N3OS/c1-9-3-2-6-5-7-4-8-10-5/h4H,2-3H2,1H3,(H,6,7,8). The Hall–Kier alpha value is -0.680. The zero-order valence-electron chi connectivity index (χ0n) is 5.70. The van der Waals surface area contributed by atoms with Crippen LogP contribution in [-0.2, 0) is 4.74 Å². The van der Waals surface area contributed by atoms with E-state index in [1.807, 2.05) is 0 Å². The fourth-order valence-corrected chi connectivity index (χ4v) is 0.966. The molecule has 1 rings (SSSR count). The Bertz CT molecular complexity index is 165. The van der Waals surface area contributed by atoms with Crippen molar-refractivity contribution in [3.05, 3.63) is 6.33 Å². The first-order valence-corrected chi connectivity index (χ1v) is 3.70. The van der Waals surface area contributed by atoms with Crippen LogP contribution in [-0.4, -0.2) is 29.6 Å². The van der Waals surface area contributed by atoms with E-state index in [1.54, 1.807) is 7.11 Å². The maximum atomic E-state index is 4.83. The van der Waals surface area contributed by atoms with Gasteiger partial charge in [-0.2, -0.15) is 4.37 Å². The van der Waals surface area contributed by atoms with Crippen LogP contribution in [0.1, 0.15) is 0 Å². The molecule has 0 atom stereocenters. The molecule has 1 N–H and O–H groups in total. The lowest BCUT2D eigenvalue weighted by Gasteiger charge is -1.98. The van der Waals surface area contributed by atoms with Gasteiger partial charge in [0.1, 0.15) is 6.33 Å². The second kappa shape index (κ2) is 4.19. The van der Waals surface area contributed by atoms with Crippen LogP contribution in [0.2, 0.25) is 0 Å². The van der Waals surface area contributed by atoms with Gasteiger partial charge in [0.25, 0.3) is 0 Å². The number of hydrogen-bond acceptors (Lipinski definition) is 5. The number of nitrogens with one attached hydrogen (secondary N) is 1. The Kier molecular flexibility index (Phi) is 3.11. The van der Waals surface area contributed by atoms with Gasteiger partial charge < -0.3 is 10.1 Å². The lowest BCUT2D eigenvalue weighted by Crippen LogP contribution is -2.06. The van der Waals surface area contributed by atoms with Crippen molar-refractivity contribution in [2.45, 2.75) is 0 Å². The zero-order valence-corrected chi connectivity index (χ0v) is 6.52. The molecule has 1 heterocycles. The van der Waals surface area contributed by atoms with Gasteiger partial charge in [-0.3, -0.25) is 0 Å². The summed E-state index contributed by atoms with van der Waals surface area (Å²) >= 11 is 1.35. The molecular formula is C5H9N3OS. The molecule has 0 bridgehead atoms.